The number of ether oxygens (including phenoxy) is 1. The zero-order valence-electron chi connectivity index (χ0n) is 11.8. The predicted molar refractivity (Wildman–Crippen MR) is 75.4 cm³/mol. The number of carbonyl (C=O) groups excluding carboxylic acids is 1. The summed E-state index contributed by atoms with van der Waals surface area (Å²) in [5.41, 5.74) is 1.90. The summed E-state index contributed by atoms with van der Waals surface area (Å²) in [7, 11) is 1.72. The van der Waals surface area contributed by atoms with E-state index in [2.05, 4.69) is 18.7 Å². The summed E-state index contributed by atoms with van der Waals surface area (Å²) < 4.78 is 5.15. The SMILES string of the molecule is CCC(C)N(CCOC)c1ccc(C(C)=O)cc1. The second-order valence-electron chi connectivity index (χ2n) is 4.55. The topological polar surface area (TPSA) is 29.5 Å². The van der Waals surface area contributed by atoms with Crippen molar-refractivity contribution in [3.8, 4) is 0 Å². The average Bonchev–Trinajstić information content (AvgIpc) is 2.39. The normalized spacial score (nSPS) is 12.2. The summed E-state index contributed by atoms with van der Waals surface area (Å²) in [4.78, 5) is 13.6. The number of nitrogens with zero attached hydrogens (tertiary/aromatic N) is 1. The molecule has 0 N–H and O–H groups in total. The Kier molecular flexibility index (Phi) is 5.86. The van der Waals surface area contributed by atoms with Crippen LogP contribution >= 0.6 is 0 Å². The van der Waals surface area contributed by atoms with E-state index in [0.717, 1.165) is 24.2 Å². The molecule has 1 aromatic rings. The Bertz CT molecular complexity index is 373. The van der Waals surface area contributed by atoms with Gasteiger partial charge in [0.25, 0.3) is 0 Å². The highest BCUT2D eigenvalue weighted by Crippen LogP contribution is 2.19. The lowest BCUT2D eigenvalue weighted by molar-refractivity contribution is 0.101. The summed E-state index contributed by atoms with van der Waals surface area (Å²) in [6.07, 6.45) is 1.08. The molecule has 0 aromatic heterocycles. The van der Waals surface area contributed by atoms with Crippen molar-refractivity contribution >= 4 is 11.5 Å². The maximum atomic E-state index is 11.3. The molecule has 0 saturated heterocycles. The van der Waals surface area contributed by atoms with Gasteiger partial charge in [-0.15, -0.1) is 0 Å². The van der Waals surface area contributed by atoms with Crippen molar-refractivity contribution in [3.05, 3.63) is 29.8 Å². The molecule has 1 rings (SSSR count). The standard InChI is InChI=1S/C15H23NO2/c1-5-12(2)16(10-11-18-4)15-8-6-14(7-9-15)13(3)17/h6-9,12H,5,10-11H2,1-4H3. The highest BCUT2D eigenvalue weighted by Gasteiger charge is 2.12. The van der Waals surface area contributed by atoms with Crippen LogP contribution in [0.5, 0.6) is 0 Å². The van der Waals surface area contributed by atoms with Gasteiger partial charge >= 0.3 is 0 Å². The minimum absolute atomic E-state index is 0.105. The summed E-state index contributed by atoms with van der Waals surface area (Å²) in [6.45, 7) is 7.54. The molecule has 0 radical (unpaired) electrons. The second-order valence-corrected chi connectivity index (χ2v) is 4.55. The van der Waals surface area contributed by atoms with Crippen LogP contribution in [0.1, 0.15) is 37.6 Å². The molecular formula is C15H23NO2. The molecule has 0 aliphatic heterocycles. The fourth-order valence-corrected chi connectivity index (χ4v) is 1.90. The predicted octanol–water partition coefficient (Wildman–Crippen LogP) is 3.14. The fourth-order valence-electron chi connectivity index (χ4n) is 1.90. The number of ketones is 1. The lowest BCUT2D eigenvalue weighted by atomic mass is 10.1. The van der Waals surface area contributed by atoms with Crippen LogP contribution in [0.4, 0.5) is 5.69 Å². The largest absolute Gasteiger partial charge is 0.383 e. The number of carbonyl (C=O) groups is 1. The molecule has 0 spiro atoms. The molecule has 0 saturated carbocycles. The number of hydrogen-bond donors (Lipinski definition) is 0. The number of rotatable bonds is 7. The van der Waals surface area contributed by atoms with Gasteiger partial charge in [0.15, 0.2) is 5.78 Å². The molecular weight excluding hydrogens is 226 g/mol. The third kappa shape index (κ3) is 3.84. The van der Waals surface area contributed by atoms with Crippen molar-refractivity contribution in [3.63, 3.8) is 0 Å². The molecule has 0 heterocycles. The second kappa shape index (κ2) is 7.17. The lowest BCUT2D eigenvalue weighted by Gasteiger charge is -2.30. The van der Waals surface area contributed by atoms with E-state index in [0.29, 0.717) is 12.6 Å². The van der Waals surface area contributed by atoms with E-state index in [1.165, 1.54) is 0 Å². The first-order chi connectivity index (χ1) is 8.60. The van der Waals surface area contributed by atoms with Crippen LogP contribution in [0.2, 0.25) is 0 Å². The zero-order chi connectivity index (χ0) is 13.5. The van der Waals surface area contributed by atoms with Gasteiger partial charge in [0.1, 0.15) is 0 Å². The van der Waals surface area contributed by atoms with Gasteiger partial charge in [-0.05, 0) is 44.5 Å². The Morgan fingerprint density at radius 3 is 2.39 bits per heavy atom. The minimum Gasteiger partial charge on any atom is -0.383 e. The number of Topliss-reactive ketones (excluding diaryl/α,β-unsaturated/α-hetero) is 1. The Labute approximate surface area is 110 Å². The summed E-state index contributed by atoms with van der Waals surface area (Å²) in [5, 5.41) is 0. The first kappa shape index (κ1) is 14.7. The first-order valence-electron chi connectivity index (χ1n) is 6.46. The number of hydrogen-bond acceptors (Lipinski definition) is 3. The molecule has 3 nitrogen and oxygen atoms in total. The maximum absolute atomic E-state index is 11.3. The third-order valence-electron chi connectivity index (χ3n) is 3.26. The van der Waals surface area contributed by atoms with Crippen LogP contribution in [0.3, 0.4) is 0 Å². The molecule has 0 fully saturated rings. The summed E-state index contributed by atoms with van der Waals surface area (Å²) >= 11 is 0. The molecule has 1 unspecified atom stereocenters. The lowest BCUT2D eigenvalue weighted by Crippen LogP contribution is -2.35. The minimum atomic E-state index is 0.105. The van der Waals surface area contributed by atoms with Crippen molar-refractivity contribution in [2.24, 2.45) is 0 Å². The first-order valence-corrected chi connectivity index (χ1v) is 6.46. The Hall–Kier alpha value is -1.35. The monoisotopic (exact) mass is 249 g/mol. The third-order valence-corrected chi connectivity index (χ3v) is 3.26. The Balaban J connectivity index is 2.87. The van der Waals surface area contributed by atoms with Crippen molar-refractivity contribution in [2.45, 2.75) is 33.2 Å². The van der Waals surface area contributed by atoms with E-state index in [1.54, 1.807) is 14.0 Å². The van der Waals surface area contributed by atoms with E-state index in [-0.39, 0.29) is 5.78 Å². The van der Waals surface area contributed by atoms with Crippen LogP contribution in [0.25, 0.3) is 0 Å². The zero-order valence-corrected chi connectivity index (χ0v) is 11.8. The maximum Gasteiger partial charge on any atom is 0.159 e. The average molecular weight is 249 g/mol. The van der Waals surface area contributed by atoms with Crippen LogP contribution in [0.15, 0.2) is 24.3 Å². The van der Waals surface area contributed by atoms with Crippen molar-refractivity contribution in [1.82, 2.24) is 0 Å². The van der Waals surface area contributed by atoms with Gasteiger partial charge in [0, 0.05) is 30.9 Å². The molecule has 18 heavy (non-hydrogen) atoms. The van der Waals surface area contributed by atoms with Crippen LogP contribution in [-0.4, -0.2) is 32.1 Å². The highest BCUT2D eigenvalue weighted by molar-refractivity contribution is 5.94. The van der Waals surface area contributed by atoms with Crippen molar-refractivity contribution in [2.75, 3.05) is 25.2 Å². The van der Waals surface area contributed by atoms with Crippen LogP contribution in [-0.2, 0) is 4.74 Å². The van der Waals surface area contributed by atoms with Crippen LogP contribution in [0, 0.1) is 0 Å². The van der Waals surface area contributed by atoms with Gasteiger partial charge in [0.05, 0.1) is 6.61 Å². The number of anilines is 1. The van der Waals surface area contributed by atoms with E-state index in [4.69, 9.17) is 4.74 Å². The van der Waals surface area contributed by atoms with Crippen molar-refractivity contribution in [1.29, 1.82) is 0 Å². The molecule has 0 amide bonds. The van der Waals surface area contributed by atoms with Gasteiger partial charge in [-0.25, -0.2) is 0 Å². The fraction of sp³-hybridized carbons (Fsp3) is 0.533. The summed E-state index contributed by atoms with van der Waals surface area (Å²) in [5.74, 6) is 0.105. The highest BCUT2D eigenvalue weighted by atomic mass is 16.5. The van der Waals surface area contributed by atoms with E-state index < -0.39 is 0 Å². The van der Waals surface area contributed by atoms with Crippen LogP contribution < -0.4 is 4.90 Å². The molecule has 100 valence electrons. The molecule has 0 aliphatic rings. The van der Waals surface area contributed by atoms with E-state index >= 15 is 0 Å². The van der Waals surface area contributed by atoms with Gasteiger partial charge < -0.3 is 9.64 Å². The molecule has 1 atom stereocenters. The van der Waals surface area contributed by atoms with E-state index in [9.17, 15) is 4.79 Å². The van der Waals surface area contributed by atoms with Gasteiger partial charge in [-0.3, -0.25) is 4.79 Å². The number of benzene rings is 1. The smallest absolute Gasteiger partial charge is 0.159 e. The quantitative estimate of drug-likeness (QED) is 0.695. The Morgan fingerprint density at radius 2 is 1.94 bits per heavy atom. The van der Waals surface area contributed by atoms with Gasteiger partial charge in [-0.1, -0.05) is 6.92 Å². The molecule has 3 heteroatoms. The molecule has 0 bridgehead atoms. The Morgan fingerprint density at radius 1 is 1.33 bits per heavy atom. The van der Waals surface area contributed by atoms with Crippen molar-refractivity contribution < 1.29 is 9.53 Å². The number of methoxy groups -OCH3 is 1. The van der Waals surface area contributed by atoms with Gasteiger partial charge in [-0.2, -0.15) is 0 Å². The van der Waals surface area contributed by atoms with E-state index in [1.807, 2.05) is 24.3 Å². The molecule has 1 aromatic carbocycles. The molecule has 0 aliphatic carbocycles. The summed E-state index contributed by atoms with van der Waals surface area (Å²) in [6, 6.07) is 8.26. The van der Waals surface area contributed by atoms with Gasteiger partial charge in [0.2, 0.25) is 0 Å².